The molecule has 0 amide bonds. The molecule has 2 aromatic carbocycles. The van der Waals surface area contributed by atoms with Crippen molar-refractivity contribution >= 4 is 23.6 Å². The lowest BCUT2D eigenvalue weighted by Crippen LogP contribution is -3.16. The third-order valence-electron chi connectivity index (χ3n) is 7.66. The highest BCUT2D eigenvalue weighted by Gasteiger charge is 2.25. The van der Waals surface area contributed by atoms with Crippen molar-refractivity contribution in [3.05, 3.63) is 36.4 Å². The second kappa shape index (κ2) is 21.5. The van der Waals surface area contributed by atoms with Crippen molar-refractivity contribution in [2.24, 2.45) is 0 Å². The molecule has 13 nitrogen and oxygen atoms in total. The van der Waals surface area contributed by atoms with Crippen molar-refractivity contribution in [2.75, 3.05) is 65.6 Å². The maximum absolute atomic E-state index is 12.5. The van der Waals surface area contributed by atoms with Gasteiger partial charge in [-0.15, -0.1) is 0 Å². The standard InChI is InChI=1S/C32H48N2O7.C2H2O4/c1-5-6-7-8-9-10-11-16-31(36)41-28-15-13-12-14-27(28)34-19-17-33(18-20-34)23-25(35)24-40-26-21-29(37-2)32(39-4)30(22-26)38-3;3-1(4)2(5)6/h12-15,21-22,25,35H,5-11,16-20,23-24H2,1-4H3;(H,3,4)(H,5,6). The summed E-state index contributed by atoms with van der Waals surface area (Å²) in [7, 11) is 4.66. The largest absolute Gasteiger partial charge is 0.539 e. The predicted molar refractivity (Wildman–Crippen MR) is 173 cm³/mol. The molecule has 0 saturated carbocycles. The molecule has 3 rings (SSSR count). The number of anilines is 1. The molecule has 47 heavy (non-hydrogen) atoms. The van der Waals surface area contributed by atoms with E-state index in [0.717, 1.165) is 44.7 Å². The van der Waals surface area contributed by atoms with E-state index in [1.165, 1.54) is 37.0 Å². The van der Waals surface area contributed by atoms with E-state index in [9.17, 15) is 9.90 Å². The van der Waals surface area contributed by atoms with Crippen LogP contribution in [-0.4, -0.2) is 94.9 Å². The molecule has 1 aliphatic heterocycles. The molecule has 13 heteroatoms. The molecule has 3 N–H and O–H groups in total. The van der Waals surface area contributed by atoms with E-state index in [1.807, 2.05) is 24.3 Å². The fraction of sp³-hybridized carbons (Fsp3) is 0.559. The number of nitrogens with zero attached hydrogens (tertiary/aromatic N) is 1. The van der Waals surface area contributed by atoms with Gasteiger partial charge in [0.05, 0.1) is 53.2 Å². The van der Waals surface area contributed by atoms with E-state index in [4.69, 9.17) is 43.5 Å². The summed E-state index contributed by atoms with van der Waals surface area (Å²) in [6, 6.07) is 11.2. The predicted octanol–water partition coefficient (Wildman–Crippen LogP) is 1.72. The Hall–Kier alpha value is -4.23. The van der Waals surface area contributed by atoms with Gasteiger partial charge in [-0.3, -0.25) is 4.79 Å². The first-order chi connectivity index (χ1) is 22.6. The van der Waals surface area contributed by atoms with Crippen LogP contribution in [0.3, 0.4) is 0 Å². The van der Waals surface area contributed by atoms with Gasteiger partial charge in [0.25, 0.3) is 0 Å². The zero-order valence-corrected chi connectivity index (χ0v) is 28.0. The van der Waals surface area contributed by atoms with Gasteiger partial charge in [0.1, 0.15) is 25.0 Å². The Labute approximate surface area is 276 Å². The number of unbranched alkanes of at least 4 members (excludes halogenated alkanes) is 6. The first kappa shape index (κ1) is 39.0. The van der Waals surface area contributed by atoms with E-state index >= 15 is 0 Å². The van der Waals surface area contributed by atoms with E-state index in [0.29, 0.717) is 41.7 Å². The first-order valence-electron chi connectivity index (χ1n) is 16.1. The number of aliphatic hydroxyl groups excluding tert-OH is 1. The number of rotatable bonds is 18. The van der Waals surface area contributed by atoms with E-state index in [1.54, 1.807) is 33.5 Å². The lowest BCUT2D eigenvalue weighted by Gasteiger charge is -2.35. The summed E-state index contributed by atoms with van der Waals surface area (Å²) < 4.78 is 27.7. The van der Waals surface area contributed by atoms with Crippen molar-refractivity contribution in [3.8, 4) is 28.7 Å². The Kier molecular flexibility index (Phi) is 17.9. The minimum atomic E-state index is -2.07. The summed E-state index contributed by atoms with van der Waals surface area (Å²) >= 11 is 0. The van der Waals surface area contributed by atoms with Crippen LogP contribution in [0, 0.1) is 0 Å². The SMILES string of the molecule is CCCCCCCCCC(=O)Oc1ccccc1N1CC[NH+](CC(O)COc2cc(OC)c(OC)c(OC)c2)CC1.O=C([O-])C(=O)O. The Morgan fingerprint density at radius 3 is 2.02 bits per heavy atom. The molecule has 1 saturated heterocycles. The molecule has 1 aliphatic rings. The fourth-order valence-corrected chi connectivity index (χ4v) is 5.20. The van der Waals surface area contributed by atoms with Gasteiger partial charge in [-0.05, 0) is 18.6 Å². The number of para-hydroxylation sites is 2. The van der Waals surface area contributed by atoms with Crippen LogP contribution in [-0.2, 0) is 14.4 Å². The number of hydrogen-bond donors (Lipinski definition) is 3. The highest BCUT2D eigenvalue weighted by atomic mass is 16.5. The lowest BCUT2D eigenvalue weighted by molar-refractivity contribution is -0.903. The van der Waals surface area contributed by atoms with Crippen LogP contribution in [0.1, 0.15) is 58.3 Å². The van der Waals surface area contributed by atoms with Crippen LogP contribution in [0.4, 0.5) is 5.69 Å². The molecule has 1 fully saturated rings. The number of piperazine rings is 1. The van der Waals surface area contributed by atoms with E-state index < -0.39 is 18.0 Å². The first-order valence-corrected chi connectivity index (χ1v) is 16.1. The number of carboxylic acid groups (broad SMARTS) is 2. The molecule has 2 aromatic rings. The molecule has 0 bridgehead atoms. The summed E-state index contributed by atoms with van der Waals surface area (Å²) in [4.78, 5) is 34.1. The molecule has 1 heterocycles. The number of benzene rings is 2. The second-order valence-corrected chi connectivity index (χ2v) is 11.2. The van der Waals surface area contributed by atoms with Crippen LogP contribution in [0.25, 0.3) is 0 Å². The number of aliphatic hydroxyl groups is 1. The highest BCUT2D eigenvalue weighted by Crippen LogP contribution is 2.40. The monoisotopic (exact) mass is 662 g/mol. The number of ether oxygens (including phenoxy) is 5. The molecule has 1 unspecified atom stereocenters. The van der Waals surface area contributed by atoms with Crippen LogP contribution >= 0.6 is 0 Å². The highest BCUT2D eigenvalue weighted by molar-refractivity contribution is 6.26. The molecule has 0 aromatic heterocycles. The van der Waals surface area contributed by atoms with E-state index in [-0.39, 0.29) is 12.6 Å². The number of nitrogens with one attached hydrogen (secondary N) is 1. The lowest BCUT2D eigenvalue weighted by atomic mass is 10.1. The maximum atomic E-state index is 12.5. The number of carboxylic acids is 2. The third kappa shape index (κ3) is 14.0. The van der Waals surface area contributed by atoms with Gasteiger partial charge in [-0.1, -0.05) is 57.6 Å². The minimum absolute atomic E-state index is 0.156. The van der Waals surface area contributed by atoms with Crippen LogP contribution in [0.2, 0.25) is 0 Å². The quantitative estimate of drug-likeness (QED) is 0.0917. The maximum Gasteiger partial charge on any atom is 0.351 e. The fourth-order valence-electron chi connectivity index (χ4n) is 5.20. The molecule has 0 aliphatic carbocycles. The summed E-state index contributed by atoms with van der Waals surface area (Å²) in [6.07, 6.45) is 8.03. The van der Waals surface area contributed by atoms with Gasteiger partial charge in [0.2, 0.25) is 5.75 Å². The second-order valence-electron chi connectivity index (χ2n) is 11.2. The van der Waals surface area contributed by atoms with Gasteiger partial charge in [0.15, 0.2) is 23.2 Å². The average molecular weight is 663 g/mol. The number of hydrogen-bond acceptors (Lipinski definition) is 11. The third-order valence-corrected chi connectivity index (χ3v) is 7.66. The topological polar surface area (TPSA) is 169 Å². The summed E-state index contributed by atoms with van der Waals surface area (Å²) in [5.41, 5.74) is 0.950. The smallest absolute Gasteiger partial charge is 0.351 e. The van der Waals surface area contributed by atoms with Crippen LogP contribution in [0.15, 0.2) is 36.4 Å². The van der Waals surface area contributed by atoms with Crippen LogP contribution in [0.5, 0.6) is 28.7 Å². The van der Waals surface area contributed by atoms with Crippen molar-refractivity contribution in [1.29, 1.82) is 0 Å². The number of carbonyl (C=O) groups excluding carboxylic acids is 2. The molecule has 0 spiro atoms. The Bertz CT molecular complexity index is 1210. The number of carbonyl (C=O) groups is 3. The van der Waals surface area contributed by atoms with Crippen molar-refractivity contribution < 1.29 is 58.3 Å². The van der Waals surface area contributed by atoms with Crippen LogP contribution < -0.4 is 38.6 Å². The van der Waals surface area contributed by atoms with Gasteiger partial charge < -0.3 is 53.6 Å². The van der Waals surface area contributed by atoms with Crippen molar-refractivity contribution in [3.63, 3.8) is 0 Å². The van der Waals surface area contributed by atoms with E-state index in [2.05, 4.69) is 11.8 Å². The molecule has 0 radical (unpaired) electrons. The average Bonchev–Trinajstić information content (AvgIpc) is 3.07. The number of methoxy groups -OCH3 is 3. The normalized spacial score (nSPS) is 13.5. The van der Waals surface area contributed by atoms with Gasteiger partial charge >= 0.3 is 11.9 Å². The molecular weight excluding hydrogens is 612 g/mol. The summed E-state index contributed by atoms with van der Waals surface area (Å²) in [5, 5.41) is 27.0. The van der Waals surface area contributed by atoms with Crippen molar-refractivity contribution in [1.82, 2.24) is 0 Å². The van der Waals surface area contributed by atoms with Gasteiger partial charge in [-0.2, -0.15) is 0 Å². The number of aliphatic carboxylic acids is 2. The number of esters is 1. The van der Waals surface area contributed by atoms with Crippen molar-refractivity contribution in [2.45, 2.75) is 64.4 Å². The zero-order chi connectivity index (χ0) is 34.6. The van der Waals surface area contributed by atoms with Gasteiger partial charge in [-0.25, -0.2) is 4.79 Å². The molecular formula is C34H50N2O11. The Balaban J connectivity index is 0.00000117. The van der Waals surface area contributed by atoms with Gasteiger partial charge in [0, 0.05) is 18.6 Å². The number of quaternary nitrogens is 1. The Morgan fingerprint density at radius 2 is 1.47 bits per heavy atom. The summed E-state index contributed by atoms with van der Waals surface area (Å²) in [5.74, 6) is -1.51. The Morgan fingerprint density at radius 1 is 0.894 bits per heavy atom. The zero-order valence-electron chi connectivity index (χ0n) is 28.0. The summed E-state index contributed by atoms with van der Waals surface area (Å²) in [6.45, 7) is 6.29. The minimum Gasteiger partial charge on any atom is -0.539 e. The molecule has 262 valence electrons. The molecule has 1 atom stereocenters.